The molecule has 0 amide bonds. The molecule has 1 aromatic rings. The lowest BCUT2D eigenvalue weighted by Gasteiger charge is -2.58. The van der Waals surface area contributed by atoms with E-state index in [9.17, 15) is 0 Å². The smallest absolute Gasteiger partial charge is 0.0394 e. The van der Waals surface area contributed by atoms with Crippen LogP contribution in [-0.2, 0) is 11.8 Å². The van der Waals surface area contributed by atoms with Crippen LogP contribution in [0.2, 0.25) is 0 Å². The van der Waals surface area contributed by atoms with E-state index in [1.807, 2.05) is 12.1 Å². The van der Waals surface area contributed by atoms with Crippen LogP contribution >= 0.6 is 0 Å². The van der Waals surface area contributed by atoms with Crippen LogP contribution in [0.3, 0.4) is 0 Å². The second kappa shape index (κ2) is 4.09. The summed E-state index contributed by atoms with van der Waals surface area (Å²) in [5, 5.41) is 0. The summed E-state index contributed by atoms with van der Waals surface area (Å²) in [6.45, 7) is -3.56. The maximum Gasteiger partial charge on any atom is 0.0394 e. The molecule has 0 aromatic heterocycles. The number of likely N-dealkylation sites (N-methyl/N-ethyl adjacent to an activating group) is 1. The number of fused-ring (bicyclic) bond motifs is 1. The minimum absolute atomic E-state index is 0.0283. The van der Waals surface area contributed by atoms with Crippen LogP contribution in [0.1, 0.15) is 57.0 Å². The topological polar surface area (TPSA) is 3.24 Å². The van der Waals surface area contributed by atoms with Crippen molar-refractivity contribution in [3.05, 3.63) is 34.9 Å². The highest BCUT2D eigenvalue weighted by molar-refractivity contribution is 5.43. The molecular weight excluding hydrogens is 230 g/mol. The van der Waals surface area contributed by atoms with Gasteiger partial charge in [-0.25, -0.2) is 0 Å². The highest BCUT2D eigenvalue weighted by Gasteiger charge is 2.52. The van der Waals surface area contributed by atoms with Crippen molar-refractivity contribution in [1.29, 1.82) is 0 Å². The Morgan fingerprint density at radius 2 is 2.32 bits per heavy atom. The Balaban J connectivity index is 1.84. The van der Waals surface area contributed by atoms with Crippen LogP contribution in [0, 0.1) is 12.8 Å². The molecule has 3 atom stereocenters. The summed E-state index contributed by atoms with van der Waals surface area (Å²) < 4.78 is 47.1. The van der Waals surface area contributed by atoms with Crippen LogP contribution in [-0.4, -0.2) is 24.5 Å². The summed E-state index contributed by atoms with van der Waals surface area (Å²) >= 11 is 0. The third-order valence-electron chi connectivity index (χ3n) is 5.84. The second-order valence-corrected chi connectivity index (χ2v) is 6.60. The first-order valence-electron chi connectivity index (χ1n) is 10.5. The fourth-order valence-electron chi connectivity index (χ4n) is 5.01. The van der Waals surface area contributed by atoms with Gasteiger partial charge in [0.15, 0.2) is 0 Å². The first kappa shape index (κ1) is 7.26. The van der Waals surface area contributed by atoms with Crippen LogP contribution in [0.15, 0.2) is 18.2 Å². The Hall–Kier alpha value is -0.820. The number of aryl methyl sites for hydroxylation is 1. The Bertz CT molecular complexity index is 679. The largest absolute Gasteiger partial charge is 0.303 e. The SMILES string of the molecule is [2H]C([2H])([2H])c1ccc2c(c1)[C@@]13CCCC[C@@H]1[C@@H](C2)N(C([2H])([2H])[2H])CC3. The Morgan fingerprint density at radius 1 is 1.32 bits per heavy atom. The van der Waals surface area contributed by atoms with E-state index in [1.165, 1.54) is 5.56 Å². The van der Waals surface area contributed by atoms with Crippen LogP contribution in [0.25, 0.3) is 0 Å². The van der Waals surface area contributed by atoms with Gasteiger partial charge in [0.1, 0.15) is 0 Å². The fraction of sp³-hybridized carbons (Fsp3) is 0.667. The molecule has 0 N–H and O–H groups in total. The molecule has 1 saturated carbocycles. The van der Waals surface area contributed by atoms with Gasteiger partial charge in [-0.1, -0.05) is 36.6 Å². The molecule has 1 aromatic carbocycles. The van der Waals surface area contributed by atoms with E-state index in [1.54, 1.807) is 11.0 Å². The molecule has 0 unspecified atom stereocenters. The molecule has 0 radical (unpaired) electrons. The number of hydrogen-bond donors (Lipinski definition) is 0. The van der Waals surface area contributed by atoms with Gasteiger partial charge in [-0.2, -0.15) is 0 Å². The average molecular weight is 261 g/mol. The van der Waals surface area contributed by atoms with Crippen molar-refractivity contribution < 1.29 is 8.22 Å². The van der Waals surface area contributed by atoms with Gasteiger partial charge in [-0.15, -0.1) is 0 Å². The van der Waals surface area contributed by atoms with Gasteiger partial charge in [-0.05, 0) is 63.1 Å². The number of rotatable bonds is 0. The van der Waals surface area contributed by atoms with E-state index < -0.39 is 13.8 Å². The van der Waals surface area contributed by atoms with Crippen molar-refractivity contribution in [3.63, 3.8) is 0 Å². The minimum Gasteiger partial charge on any atom is -0.303 e. The maximum atomic E-state index is 7.94. The number of hydrogen-bond acceptors (Lipinski definition) is 1. The maximum absolute atomic E-state index is 7.94. The van der Waals surface area contributed by atoms with Gasteiger partial charge in [0.2, 0.25) is 0 Å². The summed E-state index contributed by atoms with van der Waals surface area (Å²) in [5.41, 5.74) is 2.75. The molecule has 0 spiro atoms. The molecule has 2 bridgehead atoms. The monoisotopic (exact) mass is 261 g/mol. The van der Waals surface area contributed by atoms with E-state index in [4.69, 9.17) is 8.22 Å². The van der Waals surface area contributed by atoms with Crippen molar-refractivity contribution in [3.8, 4) is 0 Å². The Labute approximate surface area is 125 Å². The lowest BCUT2D eigenvalue weighted by atomic mass is 9.52. The summed E-state index contributed by atoms with van der Waals surface area (Å²) in [6, 6.07) is 5.62. The molecular formula is C18H25N. The van der Waals surface area contributed by atoms with E-state index >= 15 is 0 Å². The molecule has 1 saturated heterocycles. The van der Waals surface area contributed by atoms with E-state index in [2.05, 4.69) is 0 Å². The first-order valence-corrected chi connectivity index (χ1v) is 7.54. The molecule has 1 nitrogen and oxygen atoms in total. The average Bonchev–Trinajstić information content (AvgIpc) is 2.52. The van der Waals surface area contributed by atoms with Gasteiger partial charge >= 0.3 is 0 Å². The molecule has 2 fully saturated rings. The van der Waals surface area contributed by atoms with Crippen molar-refractivity contribution in [2.75, 3.05) is 13.5 Å². The summed E-state index contributed by atoms with van der Waals surface area (Å²) in [6.07, 6.45) is 5.95. The van der Waals surface area contributed by atoms with E-state index in [0.29, 0.717) is 18.0 Å². The molecule has 19 heavy (non-hydrogen) atoms. The summed E-state index contributed by atoms with van der Waals surface area (Å²) in [4.78, 5) is 1.74. The fourth-order valence-corrected chi connectivity index (χ4v) is 5.01. The summed E-state index contributed by atoms with van der Waals surface area (Å²) in [7, 11) is 0. The summed E-state index contributed by atoms with van der Waals surface area (Å²) in [5.74, 6) is 0.328. The predicted octanol–water partition coefficient (Wildman–Crippen LogP) is 3.68. The molecule has 1 heteroatoms. The lowest BCUT2D eigenvalue weighted by Crippen LogP contribution is -2.59. The number of benzene rings is 1. The number of nitrogens with zero attached hydrogens (tertiary/aromatic N) is 1. The van der Waals surface area contributed by atoms with Crippen LogP contribution in [0.5, 0.6) is 0 Å². The van der Waals surface area contributed by atoms with E-state index in [0.717, 1.165) is 44.1 Å². The Kier molecular flexibility index (Phi) is 1.56. The van der Waals surface area contributed by atoms with Gasteiger partial charge in [-0.3, -0.25) is 0 Å². The zero-order valence-electron chi connectivity index (χ0n) is 17.3. The normalized spacial score (nSPS) is 43.6. The highest BCUT2D eigenvalue weighted by atomic mass is 15.1. The quantitative estimate of drug-likeness (QED) is 0.688. The molecule has 3 aliphatic rings. The third-order valence-corrected chi connectivity index (χ3v) is 5.84. The lowest BCUT2D eigenvalue weighted by molar-refractivity contribution is 0.00283. The molecule has 4 rings (SSSR count). The van der Waals surface area contributed by atoms with Crippen molar-refractivity contribution >= 4 is 0 Å². The molecule has 1 aliphatic heterocycles. The number of likely N-dealkylation sites (tertiary alicyclic amines) is 1. The molecule has 102 valence electrons. The third kappa shape index (κ3) is 1.57. The Morgan fingerprint density at radius 3 is 3.21 bits per heavy atom. The minimum atomic E-state index is -2.09. The van der Waals surface area contributed by atoms with Gasteiger partial charge < -0.3 is 4.90 Å². The van der Waals surface area contributed by atoms with Crippen molar-refractivity contribution in [2.45, 2.75) is 56.8 Å². The van der Waals surface area contributed by atoms with Gasteiger partial charge in [0.05, 0.1) is 0 Å². The van der Waals surface area contributed by atoms with Crippen LogP contribution in [0.4, 0.5) is 0 Å². The zero-order valence-corrected chi connectivity index (χ0v) is 11.3. The highest BCUT2D eigenvalue weighted by Crippen LogP contribution is 2.55. The molecule has 2 aliphatic carbocycles. The first-order chi connectivity index (χ1) is 11.6. The van der Waals surface area contributed by atoms with E-state index in [-0.39, 0.29) is 11.5 Å². The van der Waals surface area contributed by atoms with Gasteiger partial charge in [0.25, 0.3) is 0 Å². The van der Waals surface area contributed by atoms with Gasteiger partial charge in [0, 0.05) is 19.7 Å². The second-order valence-electron chi connectivity index (χ2n) is 6.60. The standard InChI is InChI=1S/C18H25N/c1-13-6-7-14-12-17-15-5-3-4-8-18(15,16(14)11-13)9-10-19(17)2/h6-7,11,15,17H,3-5,8-10,12H2,1-2H3/t15-,17-,18-/m1/s1/i1D3,2D3. The van der Waals surface area contributed by atoms with Crippen molar-refractivity contribution in [2.24, 2.45) is 5.92 Å². The zero-order chi connectivity index (χ0) is 18.0. The van der Waals surface area contributed by atoms with Crippen molar-refractivity contribution in [1.82, 2.24) is 4.90 Å². The molecule has 1 heterocycles. The predicted molar refractivity (Wildman–Crippen MR) is 79.6 cm³/mol. The number of piperidine rings is 1. The van der Waals surface area contributed by atoms with Crippen LogP contribution < -0.4 is 0 Å².